The lowest BCUT2D eigenvalue weighted by atomic mass is 9.94. The summed E-state index contributed by atoms with van der Waals surface area (Å²) in [6.45, 7) is 2.96. The van der Waals surface area contributed by atoms with Gasteiger partial charge in [0.1, 0.15) is 5.82 Å². The van der Waals surface area contributed by atoms with Crippen molar-refractivity contribution >= 4 is 17.7 Å². The highest BCUT2D eigenvalue weighted by atomic mass is 19.1. The molecular weight excluding hydrogens is 385 g/mol. The maximum Gasteiger partial charge on any atom is 0.226 e. The van der Waals surface area contributed by atoms with Gasteiger partial charge in [0.05, 0.1) is 6.42 Å². The molecule has 1 aromatic rings. The molecule has 0 aromatic heterocycles. The molecule has 0 aliphatic carbocycles. The number of carbonyl (C=O) groups excluding carboxylic acids is 3. The van der Waals surface area contributed by atoms with E-state index < -0.39 is 0 Å². The third-order valence-corrected chi connectivity index (χ3v) is 6.04. The standard InChI is InChI=1S/C23H32FN3O3/c24-20-7-5-6-18(16-20)17-22(29)26-13-8-19(9-14-26)23(30)27-12-4-2-1-3-11-25-21(28)10-15-27/h5-7,16,19H,1-4,8-15,17H2,(H,25,28). The maximum absolute atomic E-state index is 13.3. The van der Waals surface area contributed by atoms with Gasteiger partial charge >= 0.3 is 0 Å². The van der Waals surface area contributed by atoms with Crippen molar-refractivity contribution in [3.63, 3.8) is 0 Å². The Morgan fingerprint density at radius 1 is 1.00 bits per heavy atom. The van der Waals surface area contributed by atoms with Crippen LogP contribution in [0, 0.1) is 11.7 Å². The van der Waals surface area contributed by atoms with Gasteiger partial charge in [0.2, 0.25) is 17.7 Å². The number of piperidine rings is 1. The molecule has 2 aliphatic heterocycles. The Morgan fingerprint density at radius 2 is 1.77 bits per heavy atom. The number of hydrogen-bond acceptors (Lipinski definition) is 3. The summed E-state index contributed by atoms with van der Waals surface area (Å²) >= 11 is 0. The van der Waals surface area contributed by atoms with Crippen molar-refractivity contribution in [3.05, 3.63) is 35.6 Å². The molecule has 1 aromatic carbocycles. The first-order chi connectivity index (χ1) is 14.5. The SMILES string of the molecule is O=C1CCN(C(=O)C2CCN(C(=O)Cc3cccc(F)c3)CC2)CCCCCCN1. The molecule has 0 saturated carbocycles. The predicted molar refractivity (Wildman–Crippen MR) is 112 cm³/mol. The largest absolute Gasteiger partial charge is 0.356 e. The van der Waals surface area contributed by atoms with E-state index in [1.807, 2.05) is 4.90 Å². The van der Waals surface area contributed by atoms with Crippen molar-refractivity contribution in [2.45, 2.75) is 51.4 Å². The highest BCUT2D eigenvalue weighted by Crippen LogP contribution is 2.21. The Kier molecular flexibility index (Phi) is 8.22. The molecule has 2 fully saturated rings. The summed E-state index contributed by atoms with van der Waals surface area (Å²) in [4.78, 5) is 41.2. The van der Waals surface area contributed by atoms with E-state index in [-0.39, 0.29) is 35.9 Å². The van der Waals surface area contributed by atoms with Crippen LogP contribution in [-0.2, 0) is 20.8 Å². The summed E-state index contributed by atoms with van der Waals surface area (Å²) in [6, 6.07) is 6.12. The summed E-state index contributed by atoms with van der Waals surface area (Å²) in [6.07, 6.45) is 5.87. The minimum absolute atomic E-state index is 0.00691. The maximum atomic E-state index is 13.3. The minimum Gasteiger partial charge on any atom is -0.356 e. The van der Waals surface area contributed by atoms with E-state index in [0.29, 0.717) is 51.0 Å². The molecule has 2 aliphatic rings. The van der Waals surface area contributed by atoms with Crippen molar-refractivity contribution in [3.8, 4) is 0 Å². The molecule has 6 nitrogen and oxygen atoms in total. The van der Waals surface area contributed by atoms with Gasteiger partial charge in [-0.05, 0) is 43.4 Å². The molecule has 7 heteroatoms. The zero-order valence-corrected chi connectivity index (χ0v) is 17.6. The fourth-order valence-electron chi connectivity index (χ4n) is 4.23. The second-order valence-electron chi connectivity index (χ2n) is 8.30. The number of carbonyl (C=O) groups is 3. The number of halogens is 1. The molecule has 0 bridgehead atoms. The second kappa shape index (κ2) is 11.1. The van der Waals surface area contributed by atoms with Gasteiger partial charge in [-0.15, -0.1) is 0 Å². The zero-order valence-electron chi connectivity index (χ0n) is 17.6. The van der Waals surface area contributed by atoms with E-state index in [0.717, 1.165) is 32.2 Å². The van der Waals surface area contributed by atoms with E-state index in [1.165, 1.54) is 12.1 Å². The summed E-state index contributed by atoms with van der Waals surface area (Å²) in [5, 5.41) is 2.92. The second-order valence-corrected chi connectivity index (χ2v) is 8.30. The van der Waals surface area contributed by atoms with Gasteiger partial charge in [-0.2, -0.15) is 0 Å². The van der Waals surface area contributed by atoms with E-state index in [9.17, 15) is 18.8 Å². The van der Waals surface area contributed by atoms with Crippen LogP contribution in [0.4, 0.5) is 4.39 Å². The van der Waals surface area contributed by atoms with Crippen molar-refractivity contribution in [1.29, 1.82) is 0 Å². The third kappa shape index (κ3) is 6.54. The Labute approximate surface area is 177 Å². The molecule has 0 radical (unpaired) electrons. The molecule has 1 N–H and O–H groups in total. The van der Waals surface area contributed by atoms with E-state index >= 15 is 0 Å². The molecule has 30 heavy (non-hydrogen) atoms. The topological polar surface area (TPSA) is 69.7 Å². The molecule has 0 atom stereocenters. The van der Waals surface area contributed by atoms with Crippen LogP contribution in [0.15, 0.2) is 24.3 Å². The van der Waals surface area contributed by atoms with Crippen LogP contribution >= 0.6 is 0 Å². The van der Waals surface area contributed by atoms with Crippen LogP contribution in [0.25, 0.3) is 0 Å². The Hall–Kier alpha value is -2.44. The van der Waals surface area contributed by atoms with Crippen molar-refractivity contribution in [2.75, 3.05) is 32.7 Å². The number of nitrogens with zero attached hydrogens (tertiary/aromatic N) is 2. The van der Waals surface area contributed by atoms with E-state index in [2.05, 4.69) is 5.32 Å². The Bertz CT molecular complexity index is 747. The summed E-state index contributed by atoms with van der Waals surface area (Å²) in [5.41, 5.74) is 0.667. The average molecular weight is 418 g/mol. The van der Waals surface area contributed by atoms with Crippen molar-refractivity contribution in [2.24, 2.45) is 5.92 Å². The van der Waals surface area contributed by atoms with Gasteiger partial charge in [0, 0.05) is 45.1 Å². The Morgan fingerprint density at radius 3 is 2.53 bits per heavy atom. The molecule has 0 spiro atoms. The first-order valence-corrected chi connectivity index (χ1v) is 11.1. The van der Waals surface area contributed by atoms with Gasteiger partial charge in [-0.25, -0.2) is 4.39 Å². The molecule has 2 heterocycles. The third-order valence-electron chi connectivity index (χ3n) is 6.04. The number of amides is 3. The highest BCUT2D eigenvalue weighted by Gasteiger charge is 2.30. The minimum atomic E-state index is -0.339. The normalized spacial score (nSPS) is 19.7. The first-order valence-electron chi connectivity index (χ1n) is 11.1. The quantitative estimate of drug-likeness (QED) is 0.822. The van der Waals surface area contributed by atoms with Gasteiger partial charge < -0.3 is 15.1 Å². The van der Waals surface area contributed by atoms with Crippen LogP contribution < -0.4 is 5.32 Å². The number of hydrogen-bond donors (Lipinski definition) is 1. The summed E-state index contributed by atoms with van der Waals surface area (Å²) in [7, 11) is 0. The molecular formula is C23H32FN3O3. The number of likely N-dealkylation sites (tertiary alicyclic amines) is 1. The van der Waals surface area contributed by atoms with Gasteiger partial charge in [-0.3, -0.25) is 14.4 Å². The molecule has 2 saturated heterocycles. The number of nitrogens with one attached hydrogen (secondary N) is 1. The number of rotatable bonds is 3. The lowest BCUT2D eigenvalue weighted by Gasteiger charge is -2.34. The van der Waals surface area contributed by atoms with Crippen molar-refractivity contribution in [1.82, 2.24) is 15.1 Å². The fraction of sp³-hybridized carbons (Fsp3) is 0.609. The first kappa shape index (κ1) is 22.2. The molecule has 3 rings (SSSR count). The monoisotopic (exact) mass is 417 g/mol. The van der Waals surface area contributed by atoms with Gasteiger partial charge in [0.15, 0.2) is 0 Å². The average Bonchev–Trinajstić information content (AvgIpc) is 2.79. The lowest BCUT2D eigenvalue weighted by molar-refractivity contribution is -0.141. The van der Waals surface area contributed by atoms with E-state index in [4.69, 9.17) is 0 Å². The van der Waals surface area contributed by atoms with E-state index in [1.54, 1.807) is 17.0 Å². The van der Waals surface area contributed by atoms with Crippen LogP contribution in [0.2, 0.25) is 0 Å². The summed E-state index contributed by atoms with van der Waals surface area (Å²) in [5.74, 6) is -0.352. The zero-order chi connectivity index (χ0) is 21.3. The summed E-state index contributed by atoms with van der Waals surface area (Å²) < 4.78 is 13.3. The highest BCUT2D eigenvalue weighted by molar-refractivity contribution is 5.82. The van der Waals surface area contributed by atoms with Gasteiger partial charge in [-0.1, -0.05) is 25.0 Å². The van der Waals surface area contributed by atoms with Crippen LogP contribution in [-0.4, -0.2) is 60.2 Å². The van der Waals surface area contributed by atoms with Crippen LogP contribution in [0.5, 0.6) is 0 Å². The molecule has 0 unspecified atom stereocenters. The van der Waals surface area contributed by atoms with Gasteiger partial charge in [0.25, 0.3) is 0 Å². The van der Waals surface area contributed by atoms with Crippen molar-refractivity contribution < 1.29 is 18.8 Å². The lowest BCUT2D eigenvalue weighted by Crippen LogP contribution is -2.45. The molecule has 3 amide bonds. The fourth-order valence-corrected chi connectivity index (χ4v) is 4.23. The number of benzene rings is 1. The van der Waals surface area contributed by atoms with Crippen LogP contribution in [0.3, 0.4) is 0 Å². The molecule has 164 valence electrons. The van der Waals surface area contributed by atoms with Crippen LogP contribution in [0.1, 0.15) is 50.5 Å². The predicted octanol–water partition coefficient (Wildman–Crippen LogP) is 2.52. The smallest absolute Gasteiger partial charge is 0.226 e. The Balaban J connectivity index is 1.50.